The third-order valence-electron chi connectivity index (χ3n) is 3.96. The monoisotopic (exact) mass is 368 g/mol. The van der Waals surface area contributed by atoms with E-state index in [0.29, 0.717) is 23.4 Å². The number of ether oxygens (including phenoxy) is 1. The van der Waals surface area contributed by atoms with Crippen LogP contribution in [0.3, 0.4) is 0 Å². The zero-order chi connectivity index (χ0) is 18.5. The van der Waals surface area contributed by atoms with Crippen molar-refractivity contribution < 1.29 is 9.26 Å². The number of hydrogen-bond acceptors (Lipinski definition) is 5. The van der Waals surface area contributed by atoms with Crippen molar-refractivity contribution in [1.29, 1.82) is 0 Å². The Bertz CT molecular complexity index is 923. The topological polar surface area (TPSA) is 72.2 Å². The molecule has 3 rings (SSSR count). The van der Waals surface area contributed by atoms with Crippen molar-refractivity contribution in [3.05, 3.63) is 59.5 Å². The average molecular weight is 368 g/mol. The summed E-state index contributed by atoms with van der Waals surface area (Å²) in [7, 11) is 1.62. The molecule has 7 heteroatoms. The molecule has 26 heavy (non-hydrogen) atoms. The van der Waals surface area contributed by atoms with Crippen LogP contribution in [0.5, 0.6) is 5.75 Å². The summed E-state index contributed by atoms with van der Waals surface area (Å²) < 4.78 is 10.5. The number of aromatic nitrogens is 2. The number of anilines is 1. The summed E-state index contributed by atoms with van der Waals surface area (Å²) in [6.45, 7) is 4.48. The second-order valence-corrected chi connectivity index (χ2v) is 6.26. The van der Waals surface area contributed by atoms with Crippen LogP contribution in [0, 0.1) is 13.8 Å². The minimum atomic E-state index is 0.341. The summed E-state index contributed by atoms with van der Waals surface area (Å²) in [4.78, 5) is 4.38. The first-order valence-electron chi connectivity index (χ1n) is 8.14. The molecule has 0 saturated carbocycles. The van der Waals surface area contributed by atoms with Gasteiger partial charge in [-0.2, -0.15) is 4.98 Å². The van der Waals surface area contributed by atoms with E-state index in [0.717, 1.165) is 17.0 Å². The predicted molar refractivity (Wildman–Crippen MR) is 105 cm³/mol. The van der Waals surface area contributed by atoms with E-state index in [9.17, 15) is 0 Å². The van der Waals surface area contributed by atoms with Gasteiger partial charge in [-0.25, -0.2) is 0 Å². The van der Waals surface area contributed by atoms with E-state index < -0.39 is 0 Å². The van der Waals surface area contributed by atoms with Gasteiger partial charge in [-0.05, 0) is 61.5 Å². The van der Waals surface area contributed by atoms with Crippen molar-refractivity contribution in [1.82, 2.24) is 15.5 Å². The molecular formula is C19H20N4O2S. The summed E-state index contributed by atoms with van der Waals surface area (Å²) in [5.74, 6) is 1.70. The molecule has 0 radical (unpaired) electrons. The number of aryl methyl sites for hydroxylation is 2. The minimum absolute atomic E-state index is 0.341. The van der Waals surface area contributed by atoms with Gasteiger partial charge in [0.15, 0.2) is 5.11 Å². The van der Waals surface area contributed by atoms with Crippen LogP contribution < -0.4 is 15.4 Å². The molecule has 0 aliphatic rings. The zero-order valence-corrected chi connectivity index (χ0v) is 15.7. The highest BCUT2D eigenvalue weighted by Crippen LogP contribution is 2.21. The number of rotatable bonds is 5. The van der Waals surface area contributed by atoms with Gasteiger partial charge in [0, 0.05) is 11.3 Å². The van der Waals surface area contributed by atoms with Gasteiger partial charge in [-0.3, -0.25) is 0 Å². The van der Waals surface area contributed by atoms with Crippen LogP contribution in [-0.2, 0) is 6.54 Å². The first-order valence-corrected chi connectivity index (χ1v) is 8.55. The van der Waals surface area contributed by atoms with E-state index in [-0.39, 0.29) is 0 Å². The Hall–Kier alpha value is -2.93. The number of nitrogens with one attached hydrogen (secondary N) is 2. The second-order valence-electron chi connectivity index (χ2n) is 5.85. The highest BCUT2D eigenvalue weighted by atomic mass is 32.1. The van der Waals surface area contributed by atoms with E-state index in [1.807, 2.05) is 30.3 Å². The molecule has 0 amide bonds. The number of methoxy groups -OCH3 is 1. The fraction of sp³-hybridized carbons (Fsp3) is 0.211. The van der Waals surface area contributed by atoms with E-state index >= 15 is 0 Å². The van der Waals surface area contributed by atoms with Crippen LogP contribution in [0.2, 0.25) is 0 Å². The number of hydrogen-bond donors (Lipinski definition) is 2. The average Bonchev–Trinajstić information content (AvgIpc) is 3.12. The molecule has 0 bridgehead atoms. The molecule has 3 aromatic rings. The van der Waals surface area contributed by atoms with Crippen LogP contribution in [0.1, 0.15) is 17.0 Å². The highest BCUT2D eigenvalue weighted by Gasteiger charge is 2.10. The van der Waals surface area contributed by atoms with Gasteiger partial charge in [-0.15, -0.1) is 0 Å². The summed E-state index contributed by atoms with van der Waals surface area (Å²) in [5.41, 5.74) is 4.21. The lowest BCUT2D eigenvalue weighted by Crippen LogP contribution is -2.28. The fourth-order valence-electron chi connectivity index (χ4n) is 2.36. The molecule has 0 aliphatic heterocycles. The number of benzene rings is 2. The normalized spacial score (nSPS) is 10.4. The summed E-state index contributed by atoms with van der Waals surface area (Å²) >= 11 is 5.32. The van der Waals surface area contributed by atoms with Crippen molar-refractivity contribution >= 4 is 23.0 Å². The quantitative estimate of drug-likeness (QED) is 0.663. The molecular weight excluding hydrogens is 348 g/mol. The SMILES string of the molecule is COc1cccc(-c2noc(CNC(=S)Nc3ccc(C)c(C)c3)n2)c1. The van der Waals surface area contributed by atoms with Crippen molar-refractivity contribution in [2.45, 2.75) is 20.4 Å². The Labute approximate surface area is 157 Å². The van der Waals surface area contributed by atoms with E-state index in [4.69, 9.17) is 21.5 Å². The molecule has 0 atom stereocenters. The van der Waals surface area contributed by atoms with Crippen LogP contribution in [0.25, 0.3) is 11.4 Å². The third-order valence-corrected chi connectivity index (χ3v) is 4.21. The molecule has 2 N–H and O–H groups in total. The second kappa shape index (κ2) is 7.97. The largest absolute Gasteiger partial charge is 0.497 e. The first kappa shape index (κ1) is 17.9. The molecule has 6 nitrogen and oxygen atoms in total. The maximum absolute atomic E-state index is 5.32. The van der Waals surface area contributed by atoms with Gasteiger partial charge in [0.25, 0.3) is 0 Å². The Morgan fingerprint density at radius 1 is 1.15 bits per heavy atom. The van der Waals surface area contributed by atoms with Crippen molar-refractivity contribution in [2.24, 2.45) is 0 Å². The predicted octanol–water partition coefficient (Wildman–Crippen LogP) is 3.85. The summed E-state index contributed by atoms with van der Waals surface area (Å²) in [6, 6.07) is 13.6. The fourth-order valence-corrected chi connectivity index (χ4v) is 2.55. The minimum Gasteiger partial charge on any atom is -0.497 e. The first-order chi connectivity index (χ1) is 12.5. The van der Waals surface area contributed by atoms with Crippen LogP contribution in [0.15, 0.2) is 47.0 Å². The van der Waals surface area contributed by atoms with Gasteiger partial charge in [-0.1, -0.05) is 23.4 Å². The van der Waals surface area contributed by atoms with Gasteiger partial charge in [0.2, 0.25) is 11.7 Å². The molecule has 2 aromatic carbocycles. The van der Waals surface area contributed by atoms with Crippen LogP contribution in [-0.4, -0.2) is 22.4 Å². The maximum atomic E-state index is 5.32. The van der Waals surface area contributed by atoms with Crippen LogP contribution in [0.4, 0.5) is 5.69 Å². The molecule has 0 fully saturated rings. The Morgan fingerprint density at radius 2 is 2.00 bits per heavy atom. The molecule has 0 saturated heterocycles. The van der Waals surface area contributed by atoms with Gasteiger partial charge in [0.05, 0.1) is 13.7 Å². The lowest BCUT2D eigenvalue weighted by Gasteiger charge is -2.10. The molecule has 134 valence electrons. The Kier molecular flexibility index (Phi) is 5.48. The van der Waals surface area contributed by atoms with E-state index in [2.05, 4.69) is 46.8 Å². The van der Waals surface area contributed by atoms with Gasteiger partial charge < -0.3 is 19.9 Å². The van der Waals surface area contributed by atoms with E-state index in [1.165, 1.54) is 11.1 Å². The lowest BCUT2D eigenvalue weighted by atomic mass is 10.1. The summed E-state index contributed by atoms with van der Waals surface area (Å²) in [5, 5.41) is 10.7. The third kappa shape index (κ3) is 4.37. The molecule has 0 aliphatic carbocycles. The lowest BCUT2D eigenvalue weighted by molar-refractivity contribution is 0.376. The van der Waals surface area contributed by atoms with E-state index in [1.54, 1.807) is 7.11 Å². The Balaban J connectivity index is 1.58. The number of thiocarbonyl (C=S) groups is 1. The molecule has 0 unspecified atom stereocenters. The zero-order valence-electron chi connectivity index (χ0n) is 14.9. The molecule has 1 heterocycles. The van der Waals surface area contributed by atoms with Crippen LogP contribution >= 0.6 is 12.2 Å². The van der Waals surface area contributed by atoms with Crippen molar-refractivity contribution in [2.75, 3.05) is 12.4 Å². The van der Waals surface area contributed by atoms with Gasteiger partial charge >= 0.3 is 0 Å². The van der Waals surface area contributed by atoms with Gasteiger partial charge in [0.1, 0.15) is 5.75 Å². The highest BCUT2D eigenvalue weighted by molar-refractivity contribution is 7.80. The van der Waals surface area contributed by atoms with Crippen molar-refractivity contribution in [3.8, 4) is 17.1 Å². The molecule has 1 aromatic heterocycles. The van der Waals surface area contributed by atoms with Crippen molar-refractivity contribution in [3.63, 3.8) is 0 Å². The smallest absolute Gasteiger partial charge is 0.246 e. The number of nitrogens with zero attached hydrogens (tertiary/aromatic N) is 2. The standard InChI is InChI=1S/C19H20N4O2S/c1-12-7-8-15(9-13(12)2)21-19(26)20-11-17-22-18(23-25-17)14-5-4-6-16(10-14)24-3/h4-10H,11H2,1-3H3,(H2,20,21,26). The molecule has 0 spiro atoms. The maximum Gasteiger partial charge on any atom is 0.246 e. The Morgan fingerprint density at radius 3 is 2.77 bits per heavy atom. The summed E-state index contributed by atoms with van der Waals surface area (Å²) in [6.07, 6.45) is 0.